The third kappa shape index (κ3) is 2.50. The molecule has 2 atom stereocenters. The average molecular weight is 194 g/mol. The molecule has 2 nitrogen and oxygen atoms in total. The van der Waals surface area contributed by atoms with E-state index in [9.17, 15) is 0 Å². The summed E-state index contributed by atoms with van der Waals surface area (Å²) >= 11 is 0. The van der Waals surface area contributed by atoms with Gasteiger partial charge in [-0.3, -0.25) is 0 Å². The third-order valence-corrected chi connectivity index (χ3v) is 3.47. The van der Waals surface area contributed by atoms with Gasteiger partial charge in [0.15, 0.2) is 0 Å². The Kier molecular flexibility index (Phi) is 4.44. The Hall–Kier alpha value is -0.520. The Bertz CT molecular complexity index is 226. The minimum absolute atomic E-state index is 0.204. The summed E-state index contributed by atoms with van der Waals surface area (Å²) in [6.45, 7) is 5.92. The van der Waals surface area contributed by atoms with Crippen molar-refractivity contribution < 1.29 is 0 Å². The number of rotatable bonds is 4. The van der Waals surface area contributed by atoms with Gasteiger partial charge in [-0.15, -0.1) is 11.8 Å². The molecule has 3 N–H and O–H groups in total. The Morgan fingerprint density at radius 1 is 1.57 bits per heavy atom. The van der Waals surface area contributed by atoms with Crippen LogP contribution in [0.5, 0.6) is 0 Å². The zero-order valence-electron chi connectivity index (χ0n) is 9.40. The molecule has 1 aliphatic rings. The molecule has 1 fully saturated rings. The molecule has 0 bridgehead atoms. The smallest absolute Gasteiger partial charge is 0.0330 e. The second-order valence-electron chi connectivity index (χ2n) is 4.26. The average Bonchev–Trinajstić information content (AvgIpc) is 2.56. The molecule has 1 rings (SSSR count). The van der Waals surface area contributed by atoms with Crippen LogP contribution in [0.15, 0.2) is 0 Å². The van der Waals surface area contributed by atoms with Crippen molar-refractivity contribution in [3.8, 4) is 11.8 Å². The molecule has 0 aliphatic heterocycles. The highest BCUT2D eigenvalue weighted by Crippen LogP contribution is 2.34. The molecular weight excluding hydrogens is 172 g/mol. The molecule has 0 radical (unpaired) electrons. The van der Waals surface area contributed by atoms with Gasteiger partial charge in [-0.05, 0) is 25.7 Å². The lowest BCUT2D eigenvalue weighted by molar-refractivity contribution is 0.270. The zero-order chi connectivity index (χ0) is 10.4. The molecule has 0 saturated heterocycles. The number of nitrogens with one attached hydrogen (secondary N) is 1. The van der Waals surface area contributed by atoms with Crippen LogP contribution in [-0.2, 0) is 0 Å². The highest BCUT2D eigenvalue weighted by Gasteiger charge is 2.38. The molecule has 0 aromatic rings. The maximum atomic E-state index is 5.88. The van der Waals surface area contributed by atoms with Gasteiger partial charge in [0, 0.05) is 25.0 Å². The van der Waals surface area contributed by atoms with Crippen LogP contribution in [0.4, 0.5) is 0 Å². The third-order valence-electron chi connectivity index (χ3n) is 3.47. The summed E-state index contributed by atoms with van der Waals surface area (Å²) < 4.78 is 0. The first kappa shape index (κ1) is 11.6. The molecule has 0 aromatic carbocycles. The molecule has 0 heterocycles. The fourth-order valence-electron chi connectivity index (χ4n) is 2.38. The van der Waals surface area contributed by atoms with Crippen LogP contribution in [0.25, 0.3) is 0 Å². The standard InChI is InChI=1S/C12H22N2/c1-3-4-5-9-14-12(10-13)8-6-7-11(12)2/h11,14H,5-10,13H2,1-2H3. The lowest BCUT2D eigenvalue weighted by Crippen LogP contribution is -2.53. The van der Waals surface area contributed by atoms with E-state index in [2.05, 4.69) is 24.1 Å². The van der Waals surface area contributed by atoms with Crippen molar-refractivity contribution in [1.29, 1.82) is 0 Å². The minimum Gasteiger partial charge on any atom is -0.329 e. The Balaban J connectivity index is 2.40. The van der Waals surface area contributed by atoms with Crippen molar-refractivity contribution in [2.45, 2.75) is 45.1 Å². The van der Waals surface area contributed by atoms with Gasteiger partial charge in [0.2, 0.25) is 0 Å². The van der Waals surface area contributed by atoms with E-state index in [4.69, 9.17) is 5.73 Å². The van der Waals surface area contributed by atoms with E-state index in [0.29, 0.717) is 5.92 Å². The topological polar surface area (TPSA) is 38.0 Å². The zero-order valence-corrected chi connectivity index (χ0v) is 9.40. The molecule has 2 unspecified atom stereocenters. The van der Waals surface area contributed by atoms with E-state index in [1.165, 1.54) is 19.3 Å². The van der Waals surface area contributed by atoms with E-state index < -0.39 is 0 Å². The highest BCUT2D eigenvalue weighted by atomic mass is 15.0. The van der Waals surface area contributed by atoms with Crippen molar-refractivity contribution in [2.75, 3.05) is 13.1 Å². The predicted molar refractivity (Wildman–Crippen MR) is 60.9 cm³/mol. The van der Waals surface area contributed by atoms with Crippen molar-refractivity contribution >= 4 is 0 Å². The lowest BCUT2D eigenvalue weighted by atomic mass is 9.88. The first-order chi connectivity index (χ1) is 6.75. The second kappa shape index (κ2) is 5.38. The van der Waals surface area contributed by atoms with Crippen molar-refractivity contribution in [3.63, 3.8) is 0 Å². The molecule has 1 saturated carbocycles. The second-order valence-corrected chi connectivity index (χ2v) is 4.26. The van der Waals surface area contributed by atoms with Gasteiger partial charge in [-0.2, -0.15) is 0 Å². The molecule has 1 aliphatic carbocycles. The van der Waals surface area contributed by atoms with Gasteiger partial charge < -0.3 is 11.1 Å². The molecule has 0 aromatic heterocycles. The van der Waals surface area contributed by atoms with Crippen molar-refractivity contribution in [2.24, 2.45) is 11.7 Å². The first-order valence-corrected chi connectivity index (χ1v) is 5.60. The van der Waals surface area contributed by atoms with E-state index in [1.54, 1.807) is 0 Å². The molecule has 0 amide bonds. The van der Waals surface area contributed by atoms with E-state index in [-0.39, 0.29) is 5.54 Å². The summed E-state index contributed by atoms with van der Waals surface area (Å²) in [5.74, 6) is 6.70. The Labute approximate surface area is 87.6 Å². The first-order valence-electron chi connectivity index (χ1n) is 5.60. The SMILES string of the molecule is CC#CCCNC1(CN)CCCC1C. The summed E-state index contributed by atoms with van der Waals surface area (Å²) in [5, 5.41) is 3.60. The quantitative estimate of drug-likeness (QED) is 0.526. The Morgan fingerprint density at radius 3 is 2.86 bits per heavy atom. The number of hydrogen-bond acceptors (Lipinski definition) is 2. The van der Waals surface area contributed by atoms with E-state index in [0.717, 1.165) is 19.5 Å². The minimum atomic E-state index is 0.204. The fourth-order valence-corrected chi connectivity index (χ4v) is 2.38. The van der Waals surface area contributed by atoms with Crippen LogP contribution < -0.4 is 11.1 Å². The van der Waals surface area contributed by atoms with Crippen molar-refractivity contribution in [1.82, 2.24) is 5.32 Å². The summed E-state index contributed by atoms with van der Waals surface area (Å²) in [6.07, 6.45) is 4.78. The maximum Gasteiger partial charge on any atom is 0.0330 e. The summed E-state index contributed by atoms with van der Waals surface area (Å²) in [5.41, 5.74) is 6.08. The molecule has 14 heavy (non-hydrogen) atoms. The van der Waals surface area contributed by atoms with Gasteiger partial charge in [-0.1, -0.05) is 13.3 Å². The summed E-state index contributed by atoms with van der Waals surface area (Å²) in [4.78, 5) is 0. The normalized spacial score (nSPS) is 31.2. The van der Waals surface area contributed by atoms with Gasteiger partial charge in [0.1, 0.15) is 0 Å². The van der Waals surface area contributed by atoms with Crippen LogP contribution in [0.2, 0.25) is 0 Å². The Morgan fingerprint density at radius 2 is 2.36 bits per heavy atom. The van der Waals surface area contributed by atoms with Crippen LogP contribution in [0.1, 0.15) is 39.5 Å². The number of nitrogens with two attached hydrogens (primary N) is 1. The van der Waals surface area contributed by atoms with Gasteiger partial charge in [0.05, 0.1) is 0 Å². The number of hydrogen-bond donors (Lipinski definition) is 2. The summed E-state index contributed by atoms with van der Waals surface area (Å²) in [6, 6.07) is 0. The fraction of sp³-hybridized carbons (Fsp3) is 0.833. The van der Waals surface area contributed by atoms with Crippen LogP contribution in [0.3, 0.4) is 0 Å². The van der Waals surface area contributed by atoms with E-state index in [1.807, 2.05) is 6.92 Å². The lowest BCUT2D eigenvalue weighted by Gasteiger charge is -2.33. The van der Waals surface area contributed by atoms with Crippen LogP contribution in [0, 0.1) is 17.8 Å². The van der Waals surface area contributed by atoms with Gasteiger partial charge in [-0.25, -0.2) is 0 Å². The highest BCUT2D eigenvalue weighted by molar-refractivity contribution is 5.00. The molecule has 2 heteroatoms. The largest absolute Gasteiger partial charge is 0.329 e. The molecule has 0 spiro atoms. The van der Waals surface area contributed by atoms with Crippen molar-refractivity contribution in [3.05, 3.63) is 0 Å². The van der Waals surface area contributed by atoms with Crippen LogP contribution in [-0.4, -0.2) is 18.6 Å². The molecule has 80 valence electrons. The van der Waals surface area contributed by atoms with Crippen LogP contribution >= 0.6 is 0 Å². The predicted octanol–water partition coefficient (Wildman–Crippen LogP) is 1.51. The van der Waals surface area contributed by atoms with Gasteiger partial charge >= 0.3 is 0 Å². The van der Waals surface area contributed by atoms with Gasteiger partial charge in [0.25, 0.3) is 0 Å². The maximum absolute atomic E-state index is 5.88. The van der Waals surface area contributed by atoms with E-state index >= 15 is 0 Å². The monoisotopic (exact) mass is 194 g/mol. The summed E-state index contributed by atoms with van der Waals surface area (Å²) in [7, 11) is 0. The molecular formula is C12H22N2.